The molecule has 0 unspecified atom stereocenters. The van der Waals surface area contributed by atoms with Gasteiger partial charge in [-0.3, -0.25) is 4.79 Å². The highest BCUT2D eigenvalue weighted by molar-refractivity contribution is 6.74. The van der Waals surface area contributed by atoms with Crippen LogP contribution in [0.2, 0.25) is 37.8 Å². The van der Waals surface area contributed by atoms with Crippen LogP contribution in [0.1, 0.15) is 100 Å². The Morgan fingerprint density at radius 2 is 1.73 bits per heavy atom. The van der Waals surface area contributed by atoms with E-state index in [1.54, 1.807) is 0 Å². The molecule has 6 rings (SSSR count). The average Bonchev–Trinajstić information content (AvgIpc) is 3.47. The van der Waals surface area contributed by atoms with Gasteiger partial charge in [-0.25, -0.2) is 0 Å². The first-order valence-electron chi connectivity index (χ1n) is 19.9. The largest absolute Gasteiger partial charge is 0.462 e. The molecule has 2 bridgehead atoms. The standard InChI is InChI=1S/C41H68O8Si2/c1-14-33-27(3)18-19-40(46-33)24-31-21-30(45-40)22-34-39(8,47-34)23-26(2)16-15-17-29-25-43-36-35(48-51(12,13)38(5,6)7)28(4)20-32(37(42)44-31)41(29,36)49-50(9,10)11/h15-17,20,26-27,30-36H,14,18-19,21-25H2,1-13H3/b16-15+,29-17+/t26-,27-,30-,31-,32-,33+,34-,35+,36+,39-,40+,41+/m0/s1. The van der Waals surface area contributed by atoms with Crippen molar-refractivity contribution in [3.05, 3.63) is 35.5 Å². The van der Waals surface area contributed by atoms with Crippen molar-refractivity contribution in [1.82, 2.24) is 0 Å². The maximum Gasteiger partial charge on any atom is 0.316 e. The summed E-state index contributed by atoms with van der Waals surface area (Å²) in [7, 11) is -4.53. The molecule has 0 aromatic heterocycles. The third-order valence-corrected chi connectivity index (χ3v) is 18.4. The Kier molecular flexibility index (Phi) is 10.8. The first-order valence-corrected chi connectivity index (χ1v) is 26.2. The highest BCUT2D eigenvalue weighted by atomic mass is 28.4. The molecular formula is C41H68O8Si2. The number of fused-ring (bicyclic) bond motifs is 3. The number of allylic oxidation sites excluding steroid dienone is 3. The summed E-state index contributed by atoms with van der Waals surface area (Å²) in [4.78, 5) is 15.0. The number of esters is 1. The predicted molar refractivity (Wildman–Crippen MR) is 205 cm³/mol. The number of ether oxygens (including phenoxy) is 5. The Morgan fingerprint density at radius 3 is 2.39 bits per heavy atom. The van der Waals surface area contributed by atoms with E-state index in [1.165, 1.54) is 0 Å². The van der Waals surface area contributed by atoms with Gasteiger partial charge in [0.05, 0.1) is 36.6 Å². The van der Waals surface area contributed by atoms with E-state index in [4.69, 9.17) is 32.5 Å². The quantitative estimate of drug-likeness (QED) is 0.119. The van der Waals surface area contributed by atoms with Gasteiger partial charge in [-0.1, -0.05) is 65.8 Å². The molecule has 1 spiro atoms. The SMILES string of the molecule is CC[C@H]1O[C@]2(CC[C@@H]1C)C[C@@H]1C[C@@H](C[C@@H]3O[C@@]3(C)C[C@@H](C)/C=C/C=C3\CO[C@@H]4[C@H](O[Si](C)(C)C(C)(C)C)C(C)=C[C@@H](C(=O)O1)[C@]34O[Si](C)(C)C)O2. The lowest BCUT2D eigenvalue weighted by atomic mass is 9.71. The number of epoxide rings is 1. The molecule has 51 heavy (non-hydrogen) atoms. The summed E-state index contributed by atoms with van der Waals surface area (Å²) in [5.41, 5.74) is 0.713. The van der Waals surface area contributed by atoms with E-state index in [9.17, 15) is 4.79 Å². The van der Waals surface area contributed by atoms with Crippen LogP contribution in [0.5, 0.6) is 0 Å². The van der Waals surface area contributed by atoms with Crippen molar-refractivity contribution in [2.75, 3.05) is 6.61 Å². The Bertz CT molecular complexity index is 1410. The zero-order valence-electron chi connectivity index (χ0n) is 33.9. The molecule has 5 heterocycles. The number of rotatable bonds is 5. The van der Waals surface area contributed by atoms with E-state index in [0.717, 1.165) is 43.3 Å². The van der Waals surface area contributed by atoms with Gasteiger partial charge in [-0.15, -0.1) is 0 Å². The van der Waals surface area contributed by atoms with Crippen LogP contribution in [0.4, 0.5) is 0 Å². The number of hydrogen-bond donors (Lipinski definition) is 0. The average molecular weight is 745 g/mol. The van der Waals surface area contributed by atoms with Gasteiger partial charge < -0.3 is 32.5 Å². The van der Waals surface area contributed by atoms with Gasteiger partial charge in [0.25, 0.3) is 0 Å². The van der Waals surface area contributed by atoms with Crippen LogP contribution in [0.15, 0.2) is 35.5 Å². The molecule has 12 atom stereocenters. The Labute approximate surface area is 310 Å². The van der Waals surface area contributed by atoms with Gasteiger partial charge in [0, 0.05) is 25.7 Å². The minimum atomic E-state index is -2.29. The third-order valence-electron chi connectivity index (χ3n) is 13.0. The topological polar surface area (TPSA) is 85.0 Å². The maximum atomic E-state index is 15.0. The molecule has 10 heteroatoms. The van der Waals surface area contributed by atoms with Gasteiger partial charge in [-0.05, 0) is 93.9 Å². The highest BCUT2D eigenvalue weighted by Crippen LogP contribution is 2.53. The molecule has 0 radical (unpaired) electrons. The molecule has 0 amide bonds. The Morgan fingerprint density at radius 1 is 1.00 bits per heavy atom. The van der Waals surface area contributed by atoms with Gasteiger partial charge in [-0.2, -0.15) is 0 Å². The molecule has 6 aliphatic rings. The molecule has 0 saturated carbocycles. The lowest BCUT2D eigenvalue weighted by Crippen LogP contribution is -2.64. The molecule has 1 aliphatic carbocycles. The predicted octanol–water partition coefficient (Wildman–Crippen LogP) is 9.02. The molecule has 5 aliphatic heterocycles. The molecule has 4 fully saturated rings. The number of carbonyl (C=O) groups is 1. The normalized spacial score (nSPS) is 45.2. The summed E-state index contributed by atoms with van der Waals surface area (Å²) in [5, 5.41) is -0.00126. The van der Waals surface area contributed by atoms with Crippen molar-refractivity contribution in [1.29, 1.82) is 0 Å². The van der Waals surface area contributed by atoms with E-state index >= 15 is 0 Å². The maximum absolute atomic E-state index is 15.0. The van der Waals surface area contributed by atoms with Crippen LogP contribution < -0.4 is 0 Å². The van der Waals surface area contributed by atoms with Crippen LogP contribution in [0, 0.1) is 17.8 Å². The lowest BCUT2D eigenvalue weighted by Gasteiger charge is -2.52. The second-order valence-electron chi connectivity index (χ2n) is 19.6. The molecule has 0 N–H and O–H groups in total. The van der Waals surface area contributed by atoms with Gasteiger partial charge >= 0.3 is 5.97 Å². The van der Waals surface area contributed by atoms with Crippen molar-refractivity contribution >= 4 is 22.6 Å². The summed E-state index contributed by atoms with van der Waals surface area (Å²) in [6, 6.07) is 0. The summed E-state index contributed by atoms with van der Waals surface area (Å²) in [6.07, 6.45) is 13.1. The molecule has 8 nitrogen and oxygen atoms in total. The number of hydrogen-bond acceptors (Lipinski definition) is 8. The van der Waals surface area contributed by atoms with E-state index in [2.05, 4.69) is 112 Å². The van der Waals surface area contributed by atoms with Crippen molar-refractivity contribution < 1.29 is 37.3 Å². The summed E-state index contributed by atoms with van der Waals surface area (Å²) >= 11 is 0. The second kappa shape index (κ2) is 13.9. The van der Waals surface area contributed by atoms with Crippen molar-refractivity contribution in [2.45, 2.75) is 192 Å². The first kappa shape index (κ1) is 39.6. The van der Waals surface area contributed by atoms with Crippen LogP contribution in [0.3, 0.4) is 0 Å². The monoisotopic (exact) mass is 744 g/mol. The molecule has 4 saturated heterocycles. The van der Waals surface area contributed by atoms with E-state index in [1.807, 2.05) is 0 Å². The molecule has 0 aromatic rings. The fourth-order valence-corrected chi connectivity index (χ4v) is 11.9. The van der Waals surface area contributed by atoms with Crippen molar-refractivity contribution in [2.24, 2.45) is 17.8 Å². The van der Waals surface area contributed by atoms with E-state index in [-0.39, 0.29) is 47.1 Å². The third kappa shape index (κ3) is 7.87. The number of carbonyl (C=O) groups excluding carboxylic acids is 1. The summed E-state index contributed by atoms with van der Waals surface area (Å²) in [6.45, 7) is 29.3. The Hall–Kier alpha value is -1.12. The van der Waals surface area contributed by atoms with Crippen LogP contribution in [-0.2, 0) is 37.3 Å². The minimum Gasteiger partial charge on any atom is -0.462 e. The highest BCUT2D eigenvalue weighted by Gasteiger charge is 2.64. The van der Waals surface area contributed by atoms with Gasteiger partial charge in [0.15, 0.2) is 22.4 Å². The van der Waals surface area contributed by atoms with Crippen molar-refractivity contribution in [3.8, 4) is 0 Å². The minimum absolute atomic E-state index is 0.00126. The fraction of sp³-hybridized carbons (Fsp3) is 0.829. The second-order valence-corrected chi connectivity index (χ2v) is 28.8. The van der Waals surface area contributed by atoms with E-state index < -0.39 is 40.0 Å². The zero-order valence-corrected chi connectivity index (χ0v) is 35.9. The zero-order chi connectivity index (χ0) is 37.4. The van der Waals surface area contributed by atoms with Crippen LogP contribution in [-0.4, -0.2) is 82.8 Å². The van der Waals surface area contributed by atoms with Gasteiger partial charge in [0.2, 0.25) is 0 Å². The van der Waals surface area contributed by atoms with E-state index in [0.29, 0.717) is 31.3 Å². The fourth-order valence-electron chi connectivity index (χ4n) is 9.25. The van der Waals surface area contributed by atoms with Crippen molar-refractivity contribution in [3.63, 3.8) is 0 Å². The van der Waals surface area contributed by atoms with Crippen LogP contribution >= 0.6 is 0 Å². The Balaban J connectivity index is 1.44. The summed E-state index contributed by atoms with van der Waals surface area (Å²) in [5.74, 6) is -0.982. The van der Waals surface area contributed by atoms with Crippen LogP contribution in [0.25, 0.3) is 0 Å². The smallest absolute Gasteiger partial charge is 0.316 e. The summed E-state index contributed by atoms with van der Waals surface area (Å²) < 4.78 is 48.3. The molecule has 0 aromatic carbocycles. The van der Waals surface area contributed by atoms with Gasteiger partial charge in [0.1, 0.15) is 23.7 Å². The first-order chi connectivity index (χ1) is 23.6. The molecular weight excluding hydrogens is 677 g/mol. The molecule has 288 valence electrons. The lowest BCUT2D eigenvalue weighted by molar-refractivity contribution is -0.336.